The summed E-state index contributed by atoms with van der Waals surface area (Å²) in [7, 11) is 0. The first-order chi connectivity index (χ1) is 7.98. The highest BCUT2D eigenvalue weighted by molar-refractivity contribution is 6.01. The van der Waals surface area contributed by atoms with Gasteiger partial charge in [0.2, 0.25) is 5.91 Å². The third kappa shape index (κ3) is 6.59. The molecule has 0 aromatic heterocycles. The molecule has 0 aliphatic heterocycles. The molecule has 0 radical (unpaired) electrons. The van der Waals surface area contributed by atoms with Gasteiger partial charge in [-0.25, -0.2) is 4.79 Å². The normalized spacial score (nSPS) is 13.9. The van der Waals surface area contributed by atoms with E-state index in [1.807, 2.05) is 13.8 Å². The van der Waals surface area contributed by atoms with Crippen molar-refractivity contribution >= 4 is 11.9 Å². The van der Waals surface area contributed by atoms with Crippen molar-refractivity contribution in [2.75, 3.05) is 6.61 Å². The van der Waals surface area contributed by atoms with Gasteiger partial charge in [0.15, 0.2) is 6.04 Å². The van der Waals surface area contributed by atoms with Gasteiger partial charge in [-0.05, 0) is 32.6 Å². The molecule has 0 spiro atoms. The molecule has 106 valence electrons. The zero-order valence-electron chi connectivity index (χ0n) is 12.3. The number of hydrogen-bond acceptors (Lipinski definition) is 4. The predicted molar refractivity (Wildman–Crippen MR) is 70.9 cm³/mol. The lowest BCUT2D eigenvalue weighted by Crippen LogP contribution is -2.54. The van der Waals surface area contributed by atoms with Crippen LogP contribution in [0.1, 0.15) is 48.0 Å². The second-order valence-electron chi connectivity index (χ2n) is 6.34. The highest BCUT2D eigenvalue weighted by Gasteiger charge is 2.31. The van der Waals surface area contributed by atoms with Gasteiger partial charge < -0.3 is 15.8 Å². The number of hydrogen-bond donors (Lipinski definition) is 2. The predicted octanol–water partition coefficient (Wildman–Crippen LogP) is 1.21. The Balaban J connectivity index is 4.51. The van der Waals surface area contributed by atoms with E-state index in [4.69, 9.17) is 10.5 Å². The Morgan fingerprint density at radius 2 is 1.72 bits per heavy atom. The molecule has 18 heavy (non-hydrogen) atoms. The van der Waals surface area contributed by atoms with Crippen LogP contribution in [-0.2, 0) is 14.3 Å². The van der Waals surface area contributed by atoms with Crippen LogP contribution in [0.3, 0.4) is 0 Å². The first-order valence-electron chi connectivity index (χ1n) is 6.23. The Hall–Kier alpha value is -1.10. The molecule has 0 heterocycles. The van der Waals surface area contributed by atoms with E-state index >= 15 is 0 Å². The summed E-state index contributed by atoms with van der Waals surface area (Å²) in [6.07, 6.45) is 0.779. The summed E-state index contributed by atoms with van der Waals surface area (Å²) in [5.41, 5.74) is 5.19. The van der Waals surface area contributed by atoms with Gasteiger partial charge in [0, 0.05) is 5.54 Å². The number of rotatable bonds is 5. The molecule has 5 heteroatoms. The molecule has 0 bridgehead atoms. The second kappa shape index (κ2) is 6.18. The van der Waals surface area contributed by atoms with E-state index in [1.54, 1.807) is 6.92 Å². The van der Waals surface area contributed by atoms with Gasteiger partial charge in [0.05, 0.1) is 6.61 Å². The van der Waals surface area contributed by atoms with Crippen molar-refractivity contribution in [3.05, 3.63) is 0 Å². The van der Waals surface area contributed by atoms with E-state index in [0.717, 1.165) is 6.42 Å². The van der Waals surface area contributed by atoms with Gasteiger partial charge in [0.25, 0.3) is 0 Å². The number of ether oxygens (including phenoxy) is 1. The molecule has 1 atom stereocenters. The maximum absolute atomic E-state index is 11.8. The molecule has 1 amide bonds. The third-order valence-electron chi connectivity index (χ3n) is 2.26. The molecule has 0 fully saturated rings. The minimum Gasteiger partial charge on any atom is -0.464 e. The third-order valence-corrected chi connectivity index (χ3v) is 2.26. The van der Waals surface area contributed by atoms with Crippen LogP contribution in [0.25, 0.3) is 0 Å². The summed E-state index contributed by atoms with van der Waals surface area (Å²) in [4.78, 5) is 23.2. The van der Waals surface area contributed by atoms with Crippen LogP contribution in [-0.4, -0.2) is 30.1 Å². The fourth-order valence-corrected chi connectivity index (χ4v) is 2.12. The van der Waals surface area contributed by atoms with Gasteiger partial charge >= 0.3 is 5.97 Å². The molecular formula is C13H26N2O3. The smallest absolute Gasteiger partial charge is 0.332 e. The van der Waals surface area contributed by atoms with Gasteiger partial charge in [-0.15, -0.1) is 0 Å². The Morgan fingerprint density at radius 1 is 1.22 bits per heavy atom. The van der Waals surface area contributed by atoms with E-state index in [2.05, 4.69) is 26.1 Å². The maximum atomic E-state index is 11.8. The Kier molecular flexibility index (Phi) is 5.80. The fourth-order valence-electron chi connectivity index (χ4n) is 2.12. The summed E-state index contributed by atoms with van der Waals surface area (Å²) in [5.74, 6) is -1.19. The van der Waals surface area contributed by atoms with Crippen LogP contribution in [0.15, 0.2) is 0 Å². The molecule has 3 N–H and O–H groups in total. The number of amides is 1. The zero-order valence-corrected chi connectivity index (χ0v) is 12.3. The second-order valence-corrected chi connectivity index (χ2v) is 6.34. The molecule has 0 rings (SSSR count). The van der Waals surface area contributed by atoms with Gasteiger partial charge in [-0.1, -0.05) is 20.8 Å². The lowest BCUT2D eigenvalue weighted by Gasteiger charge is -2.33. The Bertz CT molecular complexity index is 306. The number of nitrogens with one attached hydrogen (secondary N) is 1. The SMILES string of the molecule is CCOC(=O)C(N)C(=O)NC(C)(C)CC(C)(C)C. The van der Waals surface area contributed by atoms with Crippen LogP contribution in [0.4, 0.5) is 0 Å². The molecule has 0 aliphatic rings. The summed E-state index contributed by atoms with van der Waals surface area (Å²) in [5, 5.41) is 2.79. The van der Waals surface area contributed by atoms with Crippen molar-refractivity contribution in [3.8, 4) is 0 Å². The topological polar surface area (TPSA) is 81.4 Å². The van der Waals surface area contributed by atoms with Crippen LogP contribution in [0.2, 0.25) is 0 Å². The van der Waals surface area contributed by atoms with Gasteiger partial charge in [0.1, 0.15) is 0 Å². The lowest BCUT2D eigenvalue weighted by molar-refractivity contribution is -0.148. The molecule has 5 nitrogen and oxygen atoms in total. The van der Waals surface area contributed by atoms with Crippen molar-refractivity contribution in [1.29, 1.82) is 0 Å². The van der Waals surface area contributed by atoms with Crippen LogP contribution < -0.4 is 11.1 Å². The molecule has 1 unspecified atom stereocenters. The Morgan fingerprint density at radius 3 is 2.11 bits per heavy atom. The van der Waals surface area contributed by atoms with Gasteiger partial charge in [-0.3, -0.25) is 4.79 Å². The minimum atomic E-state index is -1.26. The summed E-state index contributed by atoms with van der Waals surface area (Å²) < 4.78 is 4.72. The fraction of sp³-hybridized carbons (Fsp3) is 0.846. The standard InChI is InChI=1S/C13H26N2O3/c1-7-18-11(17)9(14)10(16)15-13(5,6)8-12(2,3)4/h9H,7-8,14H2,1-6H3,(H,15,16). The minimum absolute atomic E-state index is 0.0742. The first kappa shape index (κ1) is 16.9. The first-order valence-corrected chi connectivity index (χ1v) is 6.23. The van der Waals surface area contributed by atoms with Crippen molar-refractivity contribution < 1.29 is 14.3 Å². The molecule has 0 aliphatic carbocycles. The highest BCUT2D eigenvalue weighted by Crippen LogP contribution is 2.26. The average molecular weight is 258 g/mol. The zero-order chi connectivity index (χ0) is 14.6. The van der Waals surface area contributed by atoms with Crippen LogP contribution >= 0.6 is 0 Å². The number of nitrogens with two attached hydrogens (primary N) is 1. The molecule has 0 aromatic rings. The average Bonchev–Trinajstić information content (AvgIpc) is 2.11. The lowest BCUT2D eigenvalue weighted by atomic mass is 9.81. The van der Waals surface area contributed by atoms with E-state index in [0.29, 0.717) is 0 Å². The highest BCUT2D eigenvalue weighted by atomic mass is 16.5. The quantitative estimate of drug-likeness (QED) is 0.573. The monoisotopic (exact) mass is 258 g/mol. The van der Waals surface area contributed by atoms with E-state index in [9.17, 15) is 9.59 Å². The van der Waals surface area contributed by atoms with Crippen molar-refractivity contribution in [2.24, 2.45) is 11.1 Å². The number of carbonyl (C=O) groups excluding carboxylic acids is 2. The molecule has 0 saturated heterocycles. The number of carbonyl (C=O) groups is 2. The van der Waals surface area contributed by atoms with Gasteiger partial charge in [-0.2, -0.15) is 0 Å². The molecule has 0 saturated carbocycles. The van der Waals surface area contributed by atoms with E-state index < -0.39 is 23.5 Å². The Labute approximate surface area is 109 Å². The largest absolute Gasteiger partial charge is 0.464 e. The molecule has 0 aromatic carbocycles. The van der Waals surface area contributed by atoms with Crippen molar-refractivity contribution in [2.45, 2.75) is 59.5 Å². The van der Waals surface area contributed by atoms with Crippen LogP contribution in [0.5, 0.6) is 0 Å². The maximum Gasteiger partial charge on any atom is 0.332 e. The summed E-state index contributed by atoms with van der Waals surface area (Å²) >= 11 is 0. The molecular weight excluding hydrogens is 232 g/mol. The van der Waals surface area contributed by atoms with E-state index in [1.165, 1.54) is 0 Å². The van der Waals surface area contributed by atoms with Crippen molar-refractivity contribution in [3.63, 3.8) is 0 Å². The van der Waals surface area contributed by atoms with E-state index in [-0.39, 0.29) is 12.0 Å². The van der Waals surface area contributed by atoms with Crippen molar-refractivity contribution in [1.82, 2.24) is 5.32 Å². The summed E-state index contributed by atoms with van der Waals surface area (Å²) in [6.45, 7) is 12.0. The summed E-state index contributed by atoms with van der Waals surface area (Å²) in [6, 6.07) is -1.26. The number of esters is 1. The van der Waals surface area contributed by atoms with Crippen LogP contribution in [0, 0.1) is 5.41 Å².